The summed E-state index contributed by atoms with van der Waals surface area (Å²) in [7, 11) is -0.471. The van der Waals surface area contributed by atoms with Gasteiger partial charge in [-0.2, -0.15) is 0 Å². The molecule has 0 aromatic heterocycles. The van der Waals surface area contributed by atoms with Crippen molar-refractivity contribution in [1.29, 1.82) is 0 Å². The topological polar surface area (TPSA) is 64.6 Å². The Morgan fingerprint density at radius 1 is 0.938 bits per heavy atom. The Hall–Kier alpha value is -2.39. The van der Waals surface area contributed by atoms with Gasteiger partial charge in [-0.25, -0.2) is 0 Å². The molecule has 1 aliphatic heterocycles. The second-order valence-electron chi connectivity index (χ2n) is 9.10. The van der Waals surface area contributed by atoms with Gasteiger partial charge in [-0.3, -0.25) is 0 Å². The third-order valence-corrected chi connectivity index (χ3v) is 11.4. The van der Waals surface area contributed by atoms with Gasteiger partial charge in [0, 0.05) is 0 Å². The van der Waals surface area contributed by atoms with Crippen LogP contribution in [0.3, 0.4) is 0 Å². The van der Waals surface area contributed by atoms with E-state index in [-0.39, 0.29) is 11.9 Å². The van der Waals surface area contributed by atoms with Crippen LogP contribution in [-0.2, 0) is 20.9 Å². The molecule has 0 aliphatic carbocycles. The van der Waals surface area contributed by atoms with Crippen LogP contribution in [-0.4, -0.2) is 43.6 Å². The fourth-order valence-corrected chi connectivity index (χ4v) is 9.32. The molecule has 1 saturated heterocycles. The van der Waals surface area contributed by atoms with Crippen LogP contribution in [0.15, 0.2) is 42.5 Å². The molecule has 0 bridgehead atoms. The average Bonchev–Trinajstić information content (AvgIpc) is 3.00. The zero-order valence-corrected chi connectivity index (χ0v) is 20.5. The SMILES string of the molecule is COc1cc(C)c(NC(=O)C[PH]2(CC(=O)OCc3ccccc3)CCCCCC2)c(C)c1. The van der Waals surface area contributed by atoms with E-state index in [0.717, 1.165) is 53.3 Å². The Labute approximate surface area is 192 Å². The number of ether oxygens (including phenoxy) is 2. The Kier molecular flexibility index (Phi) is 8.69. The molecule has 0 unspecified atom stereocenters. The fourth-order valence-electron chi connectivity index (χ4n) is 4.75. The Bertz CT molecular complexity index is 898. The summed E-state index contributed by atoms with van der Waals surface area (Å²) in [5.74, 6) is 0.645. The van der Waals surface area contributed by atoms with Gasteiger partial charge >= 0.3 is 192 Å². The molecule has 0 radical (unpaired) electrons. The molecule has 5 nitrogen and oxygen atoms in total. The molecule has 1 amide bonds. The van der Waals surface area contributed by atoms with E-state index in [4.69, 9.17) is 9.47 Å². The second kappa shape index (κ2) is 11.5. The number of esters is 1. The molecule has 3 rings (SSSR count). The molecule has 0 atom stereocenters. The number of anilines is 1. The van der Waals surface area contributed by atoms with Crippen molar-refractivity contribution in [3.8, 4) is 5.75 Å². The summed E-state index contributed by atoms with van der Waals surface area (Å²) in [5.41, 5.74) is 3.80. The third-order valence-electron chi connectivity index (χ3n) is 6.47. The zero-order chi connectivity index (χ0) is 23.0. The quantitative estimate of drug-likeness (QED) is 0.431. The van der Waals surface area contributed by atoms with Gasteiger partial charge < -0.3 is 0 Å². The van der Waals surface area contributed by atoms with Gasteiger partial charge in [0.2, 0.25) is 0 Å². The zero-order valence-electron chi connectivity index (χ0n) is 19.5. The molecule has 1 fully saturated rings. The van der Waals surface area contributed by atoms with E-state index in [1.54, 1.807) is 7.11 Å². The van der Waals surface area contributed by atoms with Crippen molar-refractivity contribution in [2.24, 2.45) is 0 Å². The molecule has 174 valence electrons. The molecule has 2 aromatic carbocycles. The van der Waals surface area contributed by atoms with Crippen molar-refractivity contribution >= 4 is 24.8 Å². The molecular formula is C26H36NO4P. The number of methoxy groups -OCH3 is 1. The minimum absolute atomic E-state index is 0.0193. The van der Waals surface area contributed by atoms with Crippen LogP contribution in [0.25, 0.3) is 0 Å². The van der Waals surface area contributed by atoms with Crippen molar-refractivity contribution < 1.29 is 19.1 Å². The van der Waals surface area contributed by atoms with Crippen LogP contribution < -0.4 is 10.1 Å². The average molecular weight is 458 g/mol. The molecule has 6 heteroatoms. The van der Waals surface area contributed by atoms with Gasteiger partial charge in [-0.05, 0) is 0 Å². The van der Waals surface area contributed by atoms with Gasteiger partial charge in [-0.15, -0.1) is 0 Å². The number of carbonyl (C=O) groups is 2. The van der Waals surface area contributed by atoms with Gasteiger partial charge in [0.15, 0.2) is 0 Å². The van der Waals surface area contributed by atoms with Gasteiger partial charge in [-0.1, -0.05) is 0 Å². The van der Waals surface area contributed by atoms with Gasteiger partial charge in [0.1, 0.15) is 0 Å². The summed E-state index contributed by atoms with van der Waals surface area (Å²) >= 11 is 0. The molecule has 2 aromatic rings. The van der Waals surface area contributed by atoms with Crippen molar-refractivity contribution in [2.45, 2.75) is 46.1 Å². The first-order valence-electron chi connectivity index (χ1n) is 11.6. The van der Waals surface area contributed by atoms with E-state index in [1.807, 2.05) is 56.3 Å². The first-order valence-corrected chi connectivity index (χ1v) is 14.4. The summed E-state index contributed by atoms with van der Waals surface area (Å²) in [5, 5.41) is 3.14. The maximum atomic E-state index is 13.2. The van der Waals surface area contributed by atoms with Crippen molar-refractivity contribution in [2.75, 3.05) is 37.1 Å². The summed E-state index contributed by atoms with van der Waals surface area (Å²) in [6.07, 6.45) is 7.51. The van der Waals surface area contributed by atoms with Crippen LogP contribution >= 0.6 is 7.26 Å². The van der Waals surface area contributed by atoms with Crippen molar-refractivity contribution in [3.05, 3.63) is 59.2 Å². The van der Waals surface area contributed by atoms with Gasteiger partial charge in [0.05, 0.1) is 0 Å². The third kappa shape index (κ3) is 6.80. The minimum atomic E-state index is -2.12. The first kappa shape index (κ1) is 24.3. The maximum absolute atomic E-state index is 13.2. The number of amides is 1. The van der Waals surface area contributed by atoms with E-state index >= 15 is 0 Å². The predicted molar refractivity (Wildman–Crippen MR) is 134 cm³/mol. The van der Waals surface area contributed by atoms with E-state index in [2.05, 4.69) is 5.32 Å². The number of aryl methyl sites for hydroxylation is 2. The van der Waals surface area contributed by atoms with Crippen LogP contribution in [0.5, 0.6) is 5.75 Å². The van der Waals surface area contributed by atoms with Crippen molar-refractivity contribution in [3.63, 3.8) is 0 Å². The van der Waals surface area contributed by atoms with E-state index in [0.29, 0.717) is 18.9 Å². The normalized spacial score (nSPS) is 16.5. The molecule has 1 heterocycles. The molecule has 1 N–H and O–H groups in total. The van der Waals surface area contributed by atoms with Crippen LogP contribution in [0.1, 0.15) is 42.4 Å². The number of carbonyl (C=O) groups excluding carboxylic acids is 2. The number of nitrogens with one attached hydrogen (secondary N) is 1. The first-order chi connectivity index (χ1) is 15.4. The number of hydrogen-bond donors (Lipinski definition) is 1. The molecule has 32 heavy (non-hydrogen) atoms. The van der Waals surface area contributed by atoms with Crippen LogP contribution in [0.2, 0.25) is 0 Å². The molecule has 0 spiro atoms. The van der Waals surface area contributed by atoms with E-state index in [9.17, 15) is 9.59 Å². The Morgan fingerprint density at radius 2 is 1.56 bits per heavy atom. The second-order valence-corrected chi connectivity index (χ2v) is 13.8. The summed E-state index contributed by atoms with van der Waals surface area (Å²) in [6, 6.07) is 13.6. The number of benzene rings is 2. The molecular weight excluding hydrogens is 421 g/mol. The number of rotatable bonds is 8. The summed E-state index contributed by atoms with van der Waals surface area (Å²) < 4.78 is 10.9. The Balaban J connectivity index is 1.68. The summed E-state index contributed by atoms with van der Waals surface area (Å²) in [6.45, 7) is 4.25. The van der Waals surface area contributed by atoms with Crippen LogP contribution in [0, 0.1) is 13.8 Å². The predicted octanol–water partition coefficient (Wildman–Crippen LogP) is 5.32. The van der Waals surface area contributed by atoms with E-state index < -0.39 is 7.26 Å². The standard InChI is InChI=1S/C26H36NO4P/c1-20-15-23(30-3)16-21(2)26(20)27-24(28)18-32(13-9-4-5-10-14-32)19-25(29)31-17-22-11-7-6-8-12-22/h6-8,11-12,15-16,32H,4-5,9-10,13-14,17-19H2,1-3H3,(H,27,28). The molecule has 0 saturated carbocycles. The van der Waals surface area contributed by atoms with E-state index in [1.165, 1.54) is 12.8 Å². The number of hydrogen-bond acceptors (Lipinski definition) is 4. The Morgan fingerprint density at radius 3 is 2.16 bits per heavy atom. The molecule has 1 aliphatic rings. The van der Waals surface area contributed by atoms with Crippen molar-refractivity contribution in [1.82, 2.24) is 0 Å². The van der Waals surface area contributed by atoms with Crippen LogP contribution in [0.4, 0.5) is 5.69 Å². The van der Waals surface area contributed by atoms with Gasteiger partial charge in [0.25, 0.3) is 0 Å². The monoisotopic (exact) mass is 457 g/mol. The summed E-state index contributed by atoms with van der Waals surface area (Å²) in [4.78, 5) is 25.9. The fraction of sp³-hybridized carbons (Fsp3) is 0.462.